The van der Waals surface area contributed by atoms with Crippen molar-refractivity contribution in [2.24, 2.45) is 0 Å². The summed E-state index contributed by atoms with van der Waals surface area (Å²) >= 11 is 0. The molecule has 21 heavy (non-hydrogen) atoms. The van der Waals surface area contributed by atoms with Crippen molar-refractivity contribution in [1.29, 1.82) is 0 Å². The Balaban J connectivity index is 1.77. The zero-order valence-electron chi connectivity index (χ0n) is 12.5. The second-order valence-electron chi connectivity index (χ2n) is 5.40. The van der Waals surface area contributed by atoms with Gasteiger partial charge in [0.05, 0.1) is 6.04 Å². The predicted octanol–water partition coefficient (Wildman–Crippen LogP) is 2.32. The van der Waals surface area contributed by atoms with Gasteiger partial charge in [-0.3, -0.25) is 4.79 Å². The summed E-state index contributed by atoms with van der Waals surface area (Å²) in [5.41, 5.74) is 0.735. The lowest BCUT2D eigenvalue weighted by Gasteiger charge is -2.17. The van der Waals surface area contributed by atoms with Crippen LogP contribution in [0.5, 0.6) is 0 Å². The molecule has 1 aliphatic carbocycles. The van der Waals surface area contributed by atoms with E-state index in [1.165, 1.54) is 0 Å². The van der Waals surface area contributed by atoms with E-state index in [0.717, 1.165) is 37.3 Å². The Morgan fingerprint density at radius 1 is 1.48 bits per heavy atom. The molecule has 6 heteroatoms. The minimum Gasteiger partial charge on any atom is -0.341 e. The maximum absolute atomic E-state index is 12.5. The van der Waals surface area contributed by atoms with Crippen LogP contribution in [-0.2, 0) is 6.54 Å². The maximum atomic E-state index is 12.5. The molecule has 1 saturated carbocycles. The van der Waals surface area contributed by atoms with Crippen molar-refractivity contribution in [3.63, 3.8) is 0 Å². The molecule has 1 N–H and O–H groups in total. The molecule has 2 aromatic rings. The molecule has 1 aliphatic rings. The Hall–Kier alpha value is -2.11. The van der Waals surface area contributed by atoms with E-state index in [4.69, 9.17) is 0 Å². The summed E-state index contributed by atoms with van der Waals surface area (Å²) in [7, 11) is 0. The Morgan fingerprint density at radius 3 is 2.95 bits per heavy atom. The number of aromatic nitrogens is 4. The van der Waals surface area contributed by atoms with Gasteiger partial charge in [-0.15, -0.1) is 0 Å². The molecule has 112 valence electrons. The number of rotatable bonds is 6. The second kappa shape index (κ2) is 5.71. The van der Waals surface area contributed by atoms with Gasteiger partial charge in [0.25, 0.3) is 5.91 Å². The van der Waals surface area contributed by atoms with Gasteiger partial charge in [-0.25, -0.2) is 9.67 Å². The predicted molar refractivity (Wildman–Crippen MR) is 78.9 cm³/mol. The SMILES string of the molecule is CCC(NC(=O)c1cccn1C1CC1)c1ncnn1CC. The number of nitrogens with one attached hydrogen (secondary N) is 1. The highest BCUT2D eigenvalue weighted by Gasteiger charge is 2.28. The van der Waals surface area contributed by atoms with Crippen LogP contribution >= 0.6 is 0 Å². The number of amides is 1. The molecule has 0 aliphatic heterocycles. The zero-order chi connectivity index (χ0) is 14.8. The van der Waals surface area contributed by atoms with Gasteiger partial charge in [-0.05, 0) is 38.3 Å². The van der Waals surface area contributed by atoms with Crippen LogP contribution in [0.25, 0.3) is 0 Å². The van der Waals surface area contributed by atoms with E-state index in [2.05, 4.69) is 20.0 Å². The Kier molecular flexibility index (Phi) is 3.77. The van der Waals surface area contributed by atoms with Crippen LogP contribution < -0.4 is 5.32 Å². The van der Waals surface area contributed by atoms with Gasteiger partial charge in [0.2, 0.25) is 0 Å². The average Bonchev–Trinajstić information content (AvgIpc) is 3.05. The van der Waals surface area contributed by atoms with Gasteiger partial charge >= 0.3 is 0 Å². The maximum Gasteiger partial charge on any atom is 0.268 e. The van der Waals surface area contributed by atoms with Crippen molar-refractivity contribution in [1.82, 2.24) is 24.6 Å². The lowest BCUT2D eigenvalue weighted by atomic mass is 10.2. The summed E-state index contributed by atoms with van der Waals surface area (Å²) in [6, 6.07) is 4.20. The van der Waals surface area contributed by atoms with Crippen LogP contribution in [0.2, 0.25) is 0 Å². The van der Waals surface area contributed by atoms with E-state index in [-0.39, 0.29) is 11.9 Å². The fraction of sp³-hybridized carbons (Fsp3) is 0.533. The molecular weight excluding hydrogens is 266 g/mol. The summed E-state index contributed by atoms with van der Waals surface area (Å²) in [6.07, 6.45) is 6.64. The number of carbonyl (C=O) groups is 1. The molecule has 0 aromatic carbocycles. The standard InChI is InChI=1S/C15H21N5O/c1-3-12(14-16-10-17-20(14)4-2)18-15(21)13-6-5-9-19(13)11-7-8-11/h5-6,9-12H,3-4,7-8H2,1-2H3,(H,18,21). The first-order valence-corrected chi connectivity index (χ1v) is 7.60. The van der Waals surface area contributed by atoms with Crippen molar-refractivity contribution >= 4 is 5.91 Å². The first-order valence-electron chi connectivity index (χ1n) is 7.60. The molecule has 2 heterocycles. The van der Waals surface area contributed by atoms with E-state index >= 15 is 0 Å². The van der Waals surface area contributed by atoms with Gasteiger partial charge in [-0.2, -0.15) is 5.10 Å². The van der Waals surface area contributed by atoms with E-state index in [9.17, 15) is 4.79 Å². The minimum atomic E-state index is -0.109. The topological polar surface area (TPSA) is 64.7 Å². The molecule has 0 bridgehead atoms. The van der Waals surface area contributed by atoms with E-state index in [1.807, 2.05) is 36.9 Å². The summed E-state index contributed by atoms with van der Waals surface area (Å²) in [5.74, 6) is 0.780. The quantitative estimate of drug-likeness (QED) is 0.886. The summed E-state index contributed by atoms with van der Waals surface area (Å²) in [6.45, 7) is 4.81. The van der Waals surface area contributed by atoms with Crippen molar-refractivity contribution in [2.45, 2.75) is 51.7 Å². The molecule has 0 spiro atoms. The number of nitrogens with zero attached hydrogens (tertiary/aromatic N) is 4. The third kappa shape index (κ3) is 2.70. The van der Waals surface area contributed by atoms with Gasteiger partial charge in [0.15, 0.2) is 0 Å². The smallest absolute Gasteiger partial charge is 0.268 e. The lowest BCUT2D eigenvalue weighted by molar-refractivity contribution is 0.0923. The van der Waals surface area contributed by atoms with Crippen LogP contribution in [0.15, 0.2) is 24.7 Å². The largest absolute Gasteiger partial charge is 0.341 e. The first kappa shape index (κ1) is 13.9. The summed E-state index contributed by atoms with van der Waals surface area (Å²) in [5, 5.41) is 7.26. The highest BCUT2D eigenvalue weighted by atomic mass is 16.2. The molecule has 0 radical (unpaired) electrons. The first-order chi connectivity index (χ1) is 10.2. The Bertz CT molecular complexity index is 626. The van der Waals surface area contributed by atoms with Gasteiger partial charge < -0.3 is 9.88 Å². The third-order valence-corrected chi connectivity index (χ3v) is 3.92. The highest BCUT2D eigenvalue weighted by molar-refractivity contribution is 5.93. The molecule has 1 unspecified atom stereocenters. The molecule has 1 amide bonds. The number of hydrogen-bond donors (Lipinski definition) is 1. The second-order valence-corrected chi connectivity index (χ2v) is 5.40. The van der Waals surface area contributed by atoms with E-state index < -0.39 is 0 Å². The molecule has 1 fully saturated rings. The third-order valence-electron chi connectivity index (χ3n) is 3.92. The monoisotopic (exact) mass is 287 g/mol. The van der Waals surface area contributed by atoms with Crippen LogP contribution in [0.1, 0.15) is 61.5 Å². The highest BCUT2D eigenvalue weighted by Crippen LogP contribution is 2.36. The lowest BCUT2D eigenvalue weighted by Crippen LogP contribution is -2.31. The molecule has 3 rings (SSSR count). The van der Waals surface area contributed by atoms with Gasteiger partial charge in [0, 0.05) is 18.8 Å². The van der Waals surface area contributed by atoms with Crippen LogP contribution in [0.4, 0.5) is 0 Å². The molecule has 1 atom stereocenters. The average molecular weight is 287 g/mol. The van der Waals surface area contributed by atoms with Crippen molar-refractivity contribution < 1.29 is 4.79 Å². The van der Waals surface area contributed by atoms with Crippen molar-refractivity contribution in [2.75, 3.05) is 0 Å². The van der Waals surface area contributed by atoms with Crippen molar-refractivity contribution in [3.05, 3.63) is 36.2 Å². The van der Waals surface area contributed by atoms with Crippen LogP contribution in [0, 0.1) is 0 Å². The zero-order valence-corrected chi connectivity index (χ0v) is 12.5. The van der Waals surface area contributed by atoms with E-state index in [1.54, 1.807) is 6.33 Å². The van der Waals surface area contributed by atoms with E-state index in [0.29, 0.717) is 6.04 Å². The van der Waals surface area contributed by atoms with Crippen LogP contribution in [-0.4, -0.2) is 25.2 Å². The van der Waals surface area contributed by atoms with Crippen molar-refractivity contribution in [3.8, 4) is 0 Å². The number of aryl methyl sites for hydroxylation is 1. The summed E-state index contributed by atoms with van der Waals surface area (Å²) < 4.78 is 3.90. The fourth-order valence-corrected chi connectivity index (χ4v) is 2.63. The molecule has 0 saturated heterocycles. The normalized spacial score (nSPS) is 15.9. The van der Waals surface area contributed by atoms with Gasteiger partial charge in [0.1, 0.15) is 17.8 Å². The fourth-order valence-electron chi connectivity index (χ4n) is 2.63. The van der Waals surface area contributed by atoms with Gasteiger partial charge in [-0.1, -0.05) is 6.92 Å². The minimum absolute atomic E-state index is 0.0376. The van der Waals surface area contributed by atoms with Crippen LogP contribution in [0.3, 0.4) is 0 Å². The molecule has 6 nitrogen and oxygen atoms in total. The Labute approximate surface area is 124 Å². The molecular formula is C15H21N5O. The molecule has 2 aromatic heterocycles. The number of carbonyl (C=O) groups excluding carboxylic acids is 1. The number of hydrogen-bond acceptors (Lipinski definition) is 3. The summed E-state index contributed by atoms with van der Waals surface area (Å²) in [4.78, 5) is 16.8. The Morgan fingerprint density at radius 2 is 2.29 bits per heavy atom.